The van der Waals surface area contributed by atoms with Crippen molar-refractivity contribution in [1.82, 2.24) is 0 Å². The maximum Gasteiger partial charge on any atom is 0.294 e. The predicted octanol–water partition coefficient (Wildman–Crippen LogP) is 4.55. The molecule has 0 saturated carbocycles. The fraction of sp³-hybridized carbons (Fsp3) is 0.526. The van der Waals surface area contributed by atoms with Crippen molar-refractivity contribution in [2.75, 3.05) is 76.3 Å². The highest BCUT2D eigenvalue weighted by molar-refractivity contribution is 7.86. The molecule has 4 N–H and O–H groups in total. The summed E-state index contributed by atoms with van der Waals surface area (Å²) in [5.41, 5.74) is 0.736. The molecule has 332 valence electrons. The van der Waals surface area contributed by atoms with Gasteiger partial charge in [0.05, 0.1) is 67.5 Å². The van der Waals surface area contributed by atoms with Crippen LogP contribution in [0.5, 0.6) is 0 Å². The number of aryl methyl sites for hydroxylation is 1. The predicted molar refractivity (Wildman–Crippen MR) is 221 cm³/mol. The molecule has 1 heterocycles. The minimum atomic E-state index is -4.66. The van der Waals surface area contributed by atoms with Crippen molar-refractivity contribution in [1.29, 1.82) is 0 Å². The van der Waals surface area contributed by atoms with Gasteiger partial charge in [0.2, 0.25) is 0 Å². The van der Waals surface area contributed by atoms with E-state index in [4.69, 9.17) is 18.9 Å². The topological polar surface area (TPSA) is 258 Å². The Labute approximate surface area is 348 Å². The molecule has 0 radical (unpaired) electrons. The second-order valence-corrected chi connectivity index (χ2v) is 20.5. The van der Waals surface area contributed by atoms with Crippen molar-refractivity contribution in [3.8, 4) is 0 Å². The van der Waals surface area contributed by atoms with Crippen LogP contribution in [0.4, 0.5) is 5.69 Å². The molecule has 0 amide bonds. The molecule has 2 atom stereocenters. The maximum atomic E-state index is 12.3. The molecule has 3 rings (SSSR count). The zero-order valence-corrected chi connectivity index (χ0v) is 36.8. The molecule has 2 unspecified atom stereocenters. The molecule has 0 aliphatic carbocycles. The number of hydrogen-bond acceptors (Lipinski definition) is 13. The van der Waals surface area contributed by atoms with Gasteiger partial charge in [-0.2, -0.15) is 33.7 Å². The highest BCUT2D eigenvalue weighted by Crippen LogP contribution is 2.51. The van der Waals surface area contributed by atoms with E-state index in [1.54, 1.807) is 46.1 Å². The van der Waals surface area contributed by atoms with Gasteiger partial charge < -0.3 is 23.8 Å². The van der Waals surface area contributed by atoms with Gasteiger partial charge in [0.1, 0.15) is 0 Å². The maximum absolute atomic E-state index is 12.3. The number of anilines is 1. The van der Waals surface area contributed by atoms with E-state index in [1.807, 2.05) is 4.90 Å². The summed E-state index contributed by atoms with van der Waals surface area (Å²) in [6.45, 7) is 12.0. The van der Waals surface area contributed by atoms with Gasteiger partial charge in [-0.1, -0.05) is 31.7 Å². The van der Waals surface area contributed by atoms with Crippen LogP contribution in [0.3, 0.4) is 0 Å². The minimum Gasteiger partial charge on any atom is -0.382 e. The highest BCUT2D eigenvalue weighted by atomic mass is 32.2. The summed E-state index contributed by atoms with van der Waals surface area (Å²) in [5, 5.41) is 0. The molecule has 0 bridgehead atoms. The van der Waals surface area contributed by atoms with Crippen LogP contribution in [0.2, 0.25) is 0 Å². The lowest BCUT2D eigenvalue weighted by Crippen LogP contribution is -2.31. The summed E-state index contributed by atoms with van der Waals surface area (Å²) in [7, 11) is -16.4. The first-order valence-electron chi connectivity index (χ1n) is 18.5. The Morgan fingerprint density at radius 3 is 1.86 bits per heavy atom. The van der Waals surface area contributed by atoms with Crippen molar-refractivity contribution < 1.29 is 70.8 Å². The average Bonchev–Trinajstić information content (AvgIpc) is 3.34. The first-order valence-corrected chi connectivity index (χ1v) is 24.6. The SMILES string of the molecule is C=C(/C=C/C=C1/N(CCOCCOCCOCCOC)c2ccc(S(=O)(=O)O)cc2C1(C)CCCS(=O)(=O)O)C(C)(CCCS(=O)(=O)O)c1cc(S(=O)(=O)O)ccc1C. The van der Waals surface area contributed by atoms with Gasteiger partial charge in [0, 0.05) is 35.9 Å². The average molecular weight is 910 g/mol. The molecule has 0 saturated heterocycles. The van der Waals surface area contributed by atoms with E-state index < -0.39 is 62.8 Å². The molecule has 2 aromatic carbocycles. The highest BCUT2D eigenvalue weighted by Gasteiger charge is 2.44. The number of benzene rings is 2. The molecule has 17 nitrogen and oxygen atoms in total. The van der Waals surface area contributed by atoms with Crippen LogP contribution in [0.15, 0.2) is 82.3 Å². The smallest absolute Gasteiger partial charge is 0.294 e. The van der Waals surface area contributed by atoms with Crippen LogP contribution in [-0.2, 0) is 70.2 Å². The fourth-order valence-electron chi connectivity index (χ4n) is 7.02. The van der Waals surface area contributed by atoms with Gasteiger partial charge in [0.25, 0.3) is 40.5 Å². The molecule has 1 aliphatic rings. The van der Waals surface area contributed by atoms with Crippen LogP contribution in [0.1, 0.15) is 56.2 Å². The summed E-state index contributed by atoms with van der Waals surface area (Å²) in [6, 6.07) is 8.09. The Morgan fingerprint density at radius 1 is 0.780 bits per heavy atom. The van der Waals surface area contributed by atoms with E-state index >= 15 is 0 Å². The molecular weight excluding hydrogens is 855 g/mol. The van der Waals surface area contributed by atoms with Gasteiger partial charge in [-0.05, 0) is 98.2 Å². The van der Waals surface area contributed by atoms with Crippen LogP contribution in [0, 0.1) is 6.92 Å². The Hall–Kier alpha value is -3.06. The number of hydrogen-bond donors (Lipinski definition) is 4. The van der Waals surface area contributed by atoms with Gasteiger partial charge in [-0.25, -0.2) is 0 Å². The molecule has 0 aromatic heterocycles. The lowest BCUT2D eigenvalue weighted by atomic mass is 9.71. The van der Waals surface area contributed by atoms with Gasteiger partial charge >= 0.3 is 0 Å². The molecule has 2 aromatic rings. The standard InChI is InChI=1S/C38H55NO16S4/c1-29-11-12-31(58(46,47)48)27-33(29)37(3,15-7-25-56(40,41)42)30(2)9-6-10-36-38(4,16-8-26-57(43,44)45)34-28-32(59(49,50)51)13-14-35(34)39(36)17-18-53-21-22-55-24-23-54-20-19-52-5/h6,9-14,27-28H,2,7-8,15-26H2,1,3-5H3,(H,40,41,42)(H,43,44,45)(H,46,47,48)(H,49,50,51)/b9-6+,36-10+. The third kappa shape index (κ3) is 14.8. The van der Waals surface area contributed by atoms with Gasteiger partial charge in [-0.3, -0.25) is 18.2 Å². The van der Waals surface area contributed by atoms with E-state index in [2.05, 4.69) is 6.58 Å². The van der Waals surface area contributed by atoms with Crippen LogP contribution in [0.25, 0.3) is 0 Å². The molecule has 0 fully saturated rings. The van der Waals surface area contributed by atoms with E-state index in [-0.39, 0.29) is 61.8 Å². The Morgan fingerprint density at radius 2 is 1.31 bits per heavy atom. The van der Waals surface area contributed by atoms with Crippen molar-refractivity contribution in [2.45, 2.75) is 67.1 Å². The zero-order chi connectivity index (χ0) is 44.3. The fourth-order valence-corrected chi connectivity index (χ4v) is 9.05. The third-order valence-electron chi connectivity index (χ3n) is 10.2. The molecule has 21 heteroatoms. The summed E-state index contributed by atoms with van der Waals surface area (Å²) in [6.07, 6.45) is 5.06. The van der Waals surface area contributed by atoms with E-state index in [9.17, 15) is 51.9 Å². The number of fused-ring (bicyclic) bond motifs is 1. The quantitative estimate of drug-likeness (QED) is 0.0573. The minimum absolute atomic E-state index is 0.0370. The van der Waals surface area contributed by atoms with Crippen molar-refractivity contribution in [3.63, 3.8) is 0 Å². The zero-order valence-electron chi connectivity index (χ0n) is 33.6. The van der Waals surface area contributed by atoms with E-state index in [0.29, 0.717) is 60.1 Å². The summed E-state index contributed by atoms with van der Waals surface area (Å²) < 4.78 is 156. The van der Waals surface area contributed by atoms with Crippen LogP contribution < -0.4 is 4.90 Å². The number of ether oxygens (including phenoxy) is 4. The Kier molecular flexibility index (Phi) is 18.0. The number of nitrogens with zero attached hydrogens (tertiary/aromatic N) is 1. The Bertz CT molecular complexity index is 2290. The first kappa shape index (κ1) is 50.3. The second kappa shape index (κ2) is 21.1. The van der Waals surface area contributed by atoms with Crippen molar-refractivity contribution >= 4 is 46.2 Å². The largest absolute Gasteiger partial charge is 0.382 e. The van der Waals surface area contributed by atoms with Crippen LogP contribution in [-0.4, -0.2) is 123 Å². The number of rotatable bonds is 26. The second-order valence-electron chi connectivity index (χ2n) is 14.5. The van der Waals surface area contributed by atoms with Gasteiger partial charge in [-0.15, -0.1) is 0 Å². The van der Waals surface area contributed by atoms with Crippen LogP contribution >= 0.6 is 0 Å². The molecule has 0 spiro atoms. The van der Waals surface area contributed by atoms with Crippen molar-refractivity contribution in [2.24, 2.45) is 0 Å². The lowest BCUT2D eigenvalue weighted by Gasteiger charge is -2.33. The molecular formula is C38H55NO16S4. The number of methoxy groups -OCH3 is 1. The summed E-state index contributed by atoms with van der Waals surface area (Å²) >= 11 is 0. The van der Waals surface area contributed by atoms with Gasteiger partial charge in [0.15, 0.2) is 0 Å². The molecule has 59 heavy (non-hydrogen) atoms. The summed E-state index contributed by atoms with van der Waals surface area (Å²) in [4.78, 5) is 1.09. The lowest BCUT2D eigenvalue weighted by molar-refractivity contribution is 0.00463. The Balaban J connectivity index is 2.06. The number of allylic oxidation sites excluding steroid dienone is 5. The third-order valence-corrected chi connectivity index (χ3v) is 13.5. The first-order chi connectivity index (χ1) is 27.3. The molecule has 1 aliphatic heterocycles. The van der Waals surface area contributed by atoms with E-state index in [1.165, 1.54) is 36.4 Å². The normalized spacial score (nSPS) is 18.1. The van der Waals surface area contributed by atoms with E-state index in [0.717, 1.165) is 0 Å². The monoisotopic (exact) mass is 909 g/mol. The van der Waals surface area contributed by atoms with Crippen molar-refractivity contribution in [3.05, 3.63) is 89.2 Å². The summed E-state index contributed by atoms with van der Waals surface area (Å²) in [5.74, 6) is -1.17.